The average molecular weight is 317 g/mol. The van der Waals surface area contributed by atoms with Gasteiger partial charge < -0.3 is 0 Å². The van der Waals surface area contributed by atoms with Crippen LogP contribution in [0.2, 0.25) is 0 Å². The average Bonchev–Trinajstić information content (AvgIpc) is 2.40. The van der Waals surface area contributed by atoms with E-state index in [0.717, 1.165) is 22.9 Å². The van der Waals surface area contributed by atoms with E-state index in [0.29, 0.717) is 18.6 Å². The molecule has 0 radical (unpaired) electrons. The van der Waals surface area contributed by atoms with Gasteiger partial charge >= 0.3 is 0 Å². The molecule has 0 unspecified atom stereocenters. The largest absolute Gasteiger partial charge is 0.299 e. The van der Waals surface area contributed by atoms with Crippen molar-refractivity contribution in [3.05, 3.63) is 70.2 Å². The minimum atomic E-state index is 0.314. The van der Waals surface area contributed by atoms with E-state index in [2.05, 4.69) is 28.1 Å². The number of hydrogen-bond acceptors (Lipinski definition) is 1. The smallest absolute Gasteiger partial charge is 0.137 e. The SMILES string of the molecule is O=C(CCCc1ccccc1)Cc1cccc(Br)c1. The highest BCUT2D eigenvalue weighted by Crippen LogP contribution is 2.13. The molecule has 0 atom stereocenters. The number of aryl methyl sites for hydroxylation is 1. The number of carbonyl (C=O) groups is 1. The molecule has 0 aliphatic carbocycles. The second-order valence-corrected chi connectivity index (χ2v) is 5.60. The summed E-state index contributed by atoms with van der Waals surface area (Å²) in [5.74, 6) is 0.314. The summed E-state index contributed by atoms with van der Waals surface area (Å²) in [6.07, 6.45) is 3.09. The molecule has 0 bridgehead atoms. The molecule has 2 aromatic rings. The van der Waals surface area contributed by atoms with Gasteiger partial charge in [0.25, 0.3) is 0 Å². The van der Waals surface area contributed by atoms with E-state index in [1.54, 1.807) is 0 Å². The molecule has 0 spiro atoms. The Morgan fingerprint density at radius 1 is 0.947 bits per heavy atom. The van der Waals surface area contributed by atoms with Crippen LogP contribution in [-0.4, -0.2) is 5.78 Å². The first kappa shape index (κ1) is 14.0. The Kier molecular flexibility index (Phi) is 5.34. The standard InChI is InChI=1S/C17H17BrO/c18-16-10-4-9-15(12-16)13-17(19)11-5-8-14-6-2-1-3-7-14/h1-4,6-7,9-10,12H,5,8,11,13H2. The van der Waals surface area contributed by atoms with Gasteiger partial charge in [-0.15, -0.1) is 0 Å². The van der Waals surface area contributed by atoms with Crippen LogP contribution >= 0.6 is 15.9 Å². The van der Waals surface area contributed by atoms with Crippen LogP contribution in [0.5, 0.6) is 0 Å². The third-order valence-corrected chi connectivity index (χ3v) is 3.55. The summed E-state index contributed by atoms with van der Waals surface area (Å²) in [6, 6.07) is 18.3. The minimum Gasteiger partial charge on any atom is -0.299 e. The van der Waals surface area contributed by atoms with Gasteiger partial charge in [0, 0.05) is 17.3 Å². The van der Waals surface area contributed by atoms with Gasteiger partial charge in [-0.3, -0.25) is 4.79 Å². The Hall–Kier alpha value is -1.41. The lowest BCUT2D eigenvalue weighted by molar-refractivity contribution is -0.118. The Morgan fingerprint density at radius 3 is 2.42 bits per heavy atom. The summed E-state index contributed by atoms with van der Waals surface area (Å²) >= 11 is 3.42. The number of benzene rings is 2. The van der Waals surface area contributed by atoms with Gasteiger partial charge in [0.2, 0.25) is 0 Å². The molecule has 0 N–H and O–H groups in total. The molecule has 2 aromatic carbocycles. The summed E-state index contributed by atoms with van der Waals surface area (Å²) in [7, 11) is 0. The van der Waals surface area contributed by atoms with Crippen LogP contribution in [0.4, 0.5) is 0 Å². The predicted octanol–water partition coefficient (Wildman–Crippen LogP) is 4.58. The Labute approximate surface area is 122 Å². The number of Topliss-reactive ketones (excluding diaryl/α,β-unsaturated/α-hetero) is 1. The normalized spacial score (nSPS) is 10.4. The highest BCUT2D eigenvalue weighted by atomic mass is 79.9. The van der Waals surface area contributed by atoms with Crippen molar-refractivity contribution in [1.82, 2.24) is 0 Å². The first-order valence-corrected chi connectivity index (χ1v) is 7.33. The maximum absolute atomic E-state index is 11.9. The molecule has 19 heavy (non-hydrogen) atoms. The molecule has 0 saturated heterocycles. The molecular formula is C17H17BrO. The fourth-order valence-electron chi connectivity index (χ4n) is 2.10. The molecule has 2 heteroatoms. The monoisotopic (exact) mass is 316 g/mol. The van der Waals surface area contributed by atoms with Crippen molar-refractivity contribution in [2.45, 2.75) is 25.7 Å². The summed E-state index contributed by atoms with van der Waals surface area (Å²) in [4.78, 5) is 11.9. The van der Waals surface area contributed by atoms with Crippen LogP contribution in [0.1, 0.15) is 24.0 Å². The van der Waals surface area contributed by atoms with Gasteiger partial charge in [-0.25, -0.2) is 0 Å². The van der Waals surface area contributed by atoms with E-state index in [4.69, 9.17) is 0 Å². The molecule has 1 nitrogen and oxygen atoms in total. The summed E-state index contributed by atoms with van der Waals surface area (Å²) in [6.45, 7) is 0. The first-order chi connectivity index (χ1) is 9.24. The topological polar surface area (TPSA) is 17.1 Å². The second-order valence-electron chi connectivity index (χ2n) is 4.68. The molecule has 0 aromatic heterocycles. The summed E-state index contributed by atoms with van der Waals surface area (Å²) in [5, 5.41) is 0. The van der Waals surface area contributed by atoms with E-state index in [1.807, 2.05) is 42.5 Å². The van der Waals surface area contributed by atoms with Gasteiger partial charge in [-0.1, -0.05) is 58.4 Å². The van der Waals surface area contributed by atoms with E-state index in [9.17, 15) is 4.79 Å². The van der Waals surface area contributed by atoms with E-state index in [-0.39, 0.29) is 0 Å². The maximum Gasteiger partial charge on any atom is 0.137 e. The van der Waals surface area contributed by atoms with Crippen molar-refractivity contribution in [2.75, 3.05) is 0 Å². The molecule has 0 fully saturated rings. The van der Waals surface area contributed by atoms with Crippen LogP contribution in [0.25, 0.3) is 0 Å². The molecule has 0 saturated carbocycles. The van der Waals surface area contributed by atoms with Crippen molar-refractivity contribution in [3.8, 4) is 0 Å². The number of rotatable bonds is 6. The van der Waals surface area contributed by atoms with Crippen molar-refractivity contribution in [2.24, 2.45) is 0 Å². The first-order valence-electron chi connectivity index (χ1n) is 6.54. The van der Waals surface area contributed by atoms with E-state index >= 15 is 0 Å². The van der Waals surface area contributed by atoms with Crippen LogP contribution < -0.4 is 0 Å². The lowest BCUT2D eigenvalue weighted by Crippen LogP contribution is -2.03. The third-order valence-electron chi connectivity index (χ3n) is 3.05. The van der Waals surface area contributed by atoms with Crippen molar-refractivity contribution in [1.29, 1.82) is 0 Å². The maximum atomic E-state index is 11.9. The highest BCUT2D eigenvalue weighted by Gasteiger charge is 2.04. The summed E-state index contributed by atoms with van der Waals surface area (Å²) in [5.41, 5.74) is 2.39. The molecule has 0 aliphatic rings. The van der Waals surface area contributed by atoms with Crippen molar-refractivity contribution < 1.29 is 4.79 Å². The van der Waals surface area contributed by atoms with Crippen LogP contribution in [0.15, 0.2) is 59.1 Å². The fourth-order valence-corrected chi connectivity index (χ4v) is 2.54. The van der Waals surface area contributed by atoms with Gasteiger partial charge in [-0.05, 0) is 36.1 Å². The zero-order valence-electron chi connectivity index (χ0n) is 10.8. The second kappa shape index (κ2) is 7.25. The Balaban J connectivity index is 1.76. The van der Waals surface area contributed by atoms with Gasteiger partial charge in [0.05, 0.1) is 0 Å². The van der Waals surface area contributed by atoms with Gasteiger partial charge in [0.1, 0.15) is 5.78 Å². The van der Waals surface area contributed by atoms with Crippen molar-refractivity contribution >= 4 is 21.7 Å². The Bertz CT molecular complexity index is 534. The molecule has 0 heterocycles. The number of halogens is 1. The van der Waals surface area contributed by atoms with Crippen molar-refractivity contribution in [3.63, 3.8) is 0 Å². The van der Waals surface area contributed by atoms with E-state index in [1.165, 1.54) is 5.56 Å². The quantitative estimate of drug-likeness (QED) is 0.762. The van der Waals surface area contributed by atoms with Crippen LogP contribution in [0.3, 0.4) is 0 Å². The van der Waals surface area contributed by atoms with Gasteiger partial charge in [0.15, 0.2) is 0 Å². The number of ketones is 1. The highest BCUT2D eigenvalue weighted by molar-refractivity contribution is 9.10. The molecule has 0 aliphatic heterocycles. The van der Waals surface area contributed by atoms with Gasteiger partial charge in [-0.2, -0.15) is 0 Å². The number of carbonyl (C=O) groups excluding carboxylic acids is 1. The predicted molar refractivity (Wildman–Crippen MR) is 82.2 cm³/mol. The summed E-state index contributed by atoms with van der Waals surface area (Å²) < 4.78 is 1.03. The lowest BCUT2D eigenvalue weighted by atomic mass is 10.0. The zero-order chi connectivity index (χ0) is 13.5. The number of hydrogen-bond donors (Lipinski definition) is 0. The molecular weight excluding hydrogens is 300 g/mol. The van der Waals surface area contributed by atoms with Crippen LogP contribution in [-0.2, 0) is 17.6 Å². The molecule has 2 rings (SSSR count). The minimum absolute atomic E-state index is 0.314. The molecule has 98 valence electrons. The Morgan fingerprint density at radius 2 is 1.68 bits per heavy atom. The fraction of sp³-hybridized carbons (Fsp3) is 0.235. The van der Waals surface area contributed by atoms with Crippen LogP contribution in [0, 0.1) is 0 Å². The molecule has 0 amide bonds. The van der Waals surface area contributed by atoms with E-state index < -0.39 is 0 Å². The zero-order valence-corrected chi connectivity index (χ0v) is 12.4. The third kappa shape index (κ3) is 4.99. The lowest BCUT2D eigenvalue weighted by Gasteiger charge is -2.03.